The van der Waals surface area contributed by atoms with Crippen molar-refractivity contribution in [3.63, 3.8) is 0 Å². The van der Waals surface area contributed by atoms with Crippen LogP contribution in [-0.4, -0.2) is 28.9 Å². The van der Waals surface area contributed by atoms with Crippen molar-refractivity contribution in [1.82, 2.24) is 0 Å². The molecule has 90 valence electrons. The Labute approximate surface area is 99.4 Å². The van der Waals surface area contributed by atoms with Crippen LogP contribution in [0.3, 0.4) is 0 Å². The van der Waals surface area contributed by atoms with Gasteiger partial charge in [-0.1, -0.05) is 11.6 Å². The third-order valence-corrected chi connectivity index (χ3v) is 2.67. The van der Waals surface area contributed by atoms with Gasteiger partial charge in [0.1, 0.15) is 0 Å². The number of nitrogens with one attached hydrogen (secondary N) is 1. The van der Waals surface area contributed by atoms with Gasteiger partial charge >= 0.3 is 0 Å². The molecule has 0 fully saturated rings. The van der Waals surface area contributed by atoms with Crippen LogP contribution in [0, 0.1) is 0 Å². The third-order valence-electron chi connectivity index (χ3n) is 1.77. The number of ether oxygens (including phenoxy) is 2. The van der Waals surface area contributed by atoms with Crippen LogP contribution in [0.2, 0.25) is 5.02 Å². The van der Waals surface area contributed by atoms with Gasteiger partial charge in [0, 0.05) is 12.1 Å². The second kappa shape index (κ2) is 4.80. The first-order valence-electron chi connectivity index (χ1n) is 4.26. The van der Waals surface area contributed by atoms with E-state index in [1.54, 1.807) is 0 Å². The topological polar surface area (TPSA) is 64.6 Å². The number of rotatable bonds is 4. The molecule has 0 heterocycles. The average Bonchev–Trinajstić information content (AvgIpc) is 2.18. The zero-order chi connectivity index (χ0) is 12.3. The lowest BCUT2D eigenvalue weighted by Crippen LogP contribution is -2.10. The Morgan fingerprint density at radius 3 is 2.12 bits per heavy atom. The molecular formula is C9H12ClNO4S. The van der Waals surface area contributed by atoms with E-state index in [4.69, 9.17) is 21.1 Å². The molecule has 0 aromatic heterocycles. The molecule has 0 saturated carbocycles. The van der Waals surface area contributed by atoms with Crippen LogP contribution in [0.15, 0.2) is 12.1 Å². The monoisotopic (exact) mass is 265 g/mol. The number of methoxy groups -OCH3 is 2. The molecule has 0 spiro atoms. The van der Waals surface area contributed by atoms with Crippen molar-refractivity contribution in [3.05, 3.63) is 17.2 Å². The maximum absolute atomic E-state index is 11.1. The zero-order valence-electron chi connectivity index (χ0n) is 9.07. The van der Waals surface area contributed by atoms with E-state index in [9.17, 15) is 8.42 Å². The molecule has 0 radical (unpaired) electrons. The fourth-order valence-corrected chi connectivity index (χ4v) is 1.96. The van der Waals surface area contributed by atoms with Crippen LogP contribution < -0.4 is 14.2 Å². The SMILES string of the molecule is COc1cc(Cl)c(NS(C)(=O)=O)cc1OC. The van der Waals surface area contributed by atoms with Crippen molar-refractivity contribution in [2.45, 2.75) is 0 Å². The number of sulfonamides is 1. The highest BCUT2D eigenvalue weighted by Crippen LogP contribution is 2.36. The minimum absolute atomic E-state index is 0.239. The molecule has 7 heteroatoms. The maximum Gasteiger partial charge on any atom is 0.229 e. The predicted octanol–water partition coefficient (Wildman–Crippen LogP) is 1.73. The van der Waals surface area contributed by atoms with Crippen molar-refractivity contribution in [2.24, 2.45) is 0 Å². The van der Waals surface area contributed by atoms with Gasteiger partial charge in [0.15, 0.2) is 11.5 Å². The fourth-order valence-electron chi connectivity index (χ4n) is 1.13. The van der Waals surface area contributed by atoms with Gasteiger partial charge in [-0.3, -0.25) is 4.72 Å². The highest BCUT2D eigenvalue weighted by molar-refractivity contribution is 7.92. The summed E-state index contributed by atoms with van der Waals surface area (Å²) >= 11 is 5.88. The first kappa shape index (κ1) is 12.9. The van der Waals surface area contributed by atoms with E-state index in [1.807, 2.05) is 0 Å². The highest BCUT2D eigenvalue weighted by atomic mass is 35.5. The van der Waals surface area contributed by atoms with E-state index in [1.165, 1.54) is 26.4 Å². The molecule has 0 aliphatic carbocycles. The van der Waals surface area contributed by atoms with Crippen LogP contribution in [0.4, 0.5) is 5.69 Å². The normalized spacial score (nSPS) is 11.0. The van der Waals surface area contributed by atoms with Gasteiger partial charge in [-0.05, 0) is 0 Å². The fraction of sp³-hybridized carbons (Fsp3) is 0.333. The van der Waals surface area contributed by atoms with E-state index >= 15 is 0 Å². The highest BCUT2D eigenvalue weighted by Gasteiger charge is 2.12. The largest absolute Gasteiger partial charge is 0.493 e. The lowest BCUT2D eigenvalue weighted by Gasteiger charge is -2.12. The molecule has 16 heavy (non-hydrogen) atoms. The summed E-state index contributed by atoms with van der Waals surface area (Å²) in [5.41, 5.74) is 0.252. The lowest BCUT2D eigenvalue weighted by molar-refractivity contribution is 0.355. The second-order valence-electron chi connectivity index (χ2n) is 3.06. The molecule has 5 nitrogen and oxygen atoms in total. The van der Waals surface area contributed by atoms with E-state index < -0.39 is 10.0 Å². The summed E-state index contributed by atoms with van der Waals surface area (Å²) < 4.78 is 34.5. The van der Waals surface area contributed by atoms with Crippen LogP contribution in [0.25, 0.3) is 0 Å². The number of anilines is 1. The summed E-state index contributed by atoms with van der Waals surface area (Å²) in [4.78, 5) is 0. The van der Waals surface area contributed by atoms with Crippen molar-refractivity contribution in [1.29, 1.82) is 0 Å². The Bertz CT molecular complexity index is 487. The Morgan fingerprint density at radius 1 is 1.19 bits per heavy atom. The third kappa shape index (κ3) is 3.18. The van der Waals surface area contributed by atoms with Gasteiger partial charge in [-0.15, -0.1) is 0 Å². The molecule has 1 N–H and O–H groups in total. The van der Waals surface area contributed by atoms with Crippen molar-refractivity contribution in [3.8, 4) is 11.5 Å². The Balaban J connectivity index is 3.21. The molecular weight excluding hydrogens is 254 g/mol. The molecule has 0 amide bonds. The van der Waals surface area contributed by atoms with Crippen LogP contribution in [0.1, 0.15) is 0 Å². The summed E-state index contributed by atoms with van der Waals surface area (Å²) in [6.45, 7) is 0. The number of halogens is 1. The van der Waals surface area contributed by atoms with Crippen LogP contribution in [-0.2, 0) is 10.0 Å². The minimum Gasteiger partial charge on any atom is -0.493 e. The van der Waals surface area contributed by atoms with Crippen molar-refractivity contribution in [2.75, 3.05) is 25.2 Å². The molecule has 0 unspecified atom stereocenters. The van der Waals surface area contributed by atoms with E-state index in [2.05, 4.69) is 4.72 Å². The van der Waals surface area contributed by atoms with Gasteiger partial charge in [0.25, 0.3) is 0 Å². The Hall–Kier alpha value is -1.14. The Kier molecular flexibility index (Phi) is 3.88. The van der Waals surface area contributed by atoms with E-state index in [0.29, 0.717) is 11.5 Å². The quantitative estimate of drug-likeness (QED) is 0.900. The number of hydrogen-bond donors (Lipinski definition) is 1. The molecule has 1 aromatic rings. The van der Waals surface area contributed by atoms with Crippen LogP contribution >= 0.6 is 11.6 Å². The van der Waals surface area contributed by atoms with Gasteiger partial charge in [-0.2, -0.15) is 0 Å². The lowest BCUT2D eigenvalue weighted by atomic mass is 10.3. The second-order valence-corrected chi connectivity index (χ2v) is 5.22. The molecule has 0 aliphatic heterocycles. The molecule has 1 aromatic carbocycles. The summed E-state index contributed by atoms with van der Waals surface area (Å²) in [7, 11) is -0.451. The smallest absolute Gasteiger partial charge is 0.229 e. The molecule has 0 saturated heterocycles. The first-order valence-corrected chi connectivity index (χ1v) is 6.53. The van der Waals surface area contributed by atoms with Gasteiger partial charge < -0.3 is 9.47 Å². The Morgan fingerprint density at radius 2 is 1.69 bits per heavy atom. The molecule has 0 bridgehead atoms. The standard InChI is InChI=1S/C9H12ClNO4S/c1-14-8-4-6(10)7(5-9(8)15-2)11-16(3,12)13/h4-5,11H,1-3H3. The summed E-state index contributed by atoms with van der Waals surface area (Å²) in [5, 5.41) is 0.239. The van der Waals surface area contributed by atoms with Gasteiger partial charge in [-0.25, -0.2) is 8.42 Å². The van der Waals surface area contributed by atoms with Gasteiger partial charge in [0.2, 0.25) is 10.0 Å². The summed E-state index contributed by atoms with van der Waals surface area (Å²) in [6, 6.07) is 2.94. The first-order chi connectivity index (χ1) is 7.37. The maximum atomic E-state index is 11.1. The summed E-state index contributed by atoms with van der Waals surface area (Å²) in [5.74, 6) is 0.838. The molecule has 0 aliphatic rings. The minimum atomic E-state index is -3.38. The predicted molar refractivity (Wildman–Crippen MR) is 63.0 cm³/mol. The van der Waals surface area contributed by atoms with Crippen molar-refractivity contribution >= 4 is 27.3 Å². The average molecular weight is 266 g/mol. The van der Waals surface area contributed by atoms with E-state index in [0.717, 1.165) is 6.26 Å². The van der Waals surface area contributed by atoms with Gasteiger partial charge in [0.05, 0.1) is 31.2 Å². The number of hydrogen-bond acceptors (Lipinski definition) is 4. The van der Waals surface area contributed by atoms with Crippen LogP contribution in [0.5, 0.6) is 11.5 Å². The number of benzene rings is 1. The molecule has 0 atom stereocenters. The van der Waals surface area contributed by atoms with E-state index in [-0.39, 0.29) is 10.7 Å². The molecule has 1 rings (SSSR count). The van der Waals surface area contributed by atoms with Crippen molar-refractivity contribution < 1.29 is 17.9 Å². The zero-order valence-corrected chi connectivity index (χ0v) is 10.6. The summed E-state index contributed by atoms with van der Waals surface area (Å²) in [6.07, 6.45) is 1.04.